The minimum atomic E-state index is -0.471. The third kappa shape index (κ3) is 3.79. The van der Waals surface area contributed by atoms with Crippen molar-refractivity contribution in [3.05, 3.63) is 56.9 Å². The van der Waals surface area contributed by atoms with Crippen molar-refractivity contribution in [3.8, 4) is 0 Å². The molecule has 0 radical (unpaired) electrons. The zero-order valence-corrected chi connectivity index (χ0v) is 11.8. The number of nitrogens with zero attached hydrogens (tertiary/aromatic N) is 3. The van der Waals surface area contributed by atoms with Gasteiger partial charge in [0.25, 0.3) is 5.69 Å². The number of hydrogen-bond donors (Lipinski definition) is 1. The summed E-state index contributed by atoms with van der Waals surface area (Å²) in [6.45, 7) is 1.35. The highest BCUT2D eigenvalue weighted by Crippen LogP contribution is 2.24. The lowest BCUT2D eigenvalue weighted by atomic mass is 10.2. The van der Waals surface area contributed by atoms with Gasteiger partial charge in [-0.1, -0.05) is 17.7 Å². The molecule has 0 aliphatic heterocycles. The summed E-state index contributed by atoms with van der Waals surface area (Å²) in [5, 5.41) is 18.3. The van der Waals surface area contributed by atoms with Gasteiger partial charge in [-0.05, 0) is 30.2 Å². The second kappa shape index (κ2) is 6.49. The Morgan fingerprint density at radius 2 is 2.25 bits per heavy atom. The van der Waals surface area contributed by atoms with Gasteiger partial charge in [0.05, 0.1) is 11.1 Å². The van der Waals surface area contributed by atoms with Crippen molar-refractivity contribution in [2.24, 2.45) is 7.05 Å². The van der Waals surface area contributed by atoms with Crippen LogP contribution in [0.15, 0.2) is 30.6 Å². The van der Waals surface area contributed by atoms with E-state index in [0.717, 1.165) is 24.1 Å². The number of aryl methyl sites for hydroxylation is 1. The van der Waals surface area contributed by atoms with E-state index < -0.39 is 4.92 Å². The van der Waals surface area contributed by atoms with Crippen LogP contribution in [0.25, 0.3) is 0 Å². The van der Waals surface area contributed by atoms with Crippen LogP contribution in [0.2, 0.25) is 5.02 Å². The Balaban J connectivity index is 1.85. The second-order valence-corrected chi connectivity index (χ2v) is 4.90. The Bertz CT molecular complexity index is 612. The molecule has 0 spiro atoms. The minimum absolute atomic E-state index is 0.0572. The molecule has 2 aromatic rings. The van der Waals surface area contributed by atoms with Crippen molar-refractivity contribution in [2.75, 3.05) is 6.54 Å². The smallest absolute Gasteiger partial charge is 0.288 e. The molecule has 0 aliphatic carbocycles. The Morgan fingerprint density at radius 1 is 1.45 bits per heavy atom. The first-order chi connectivity index (χ1) is 9.56. The van der Waals surface area contributed by atoms with E-state index in [4.69, 9.17) is 11.6 Å². The van der Waals surface area contributed by atoms with Gasteiger partial charge in [0, 0.05) is 25.9 Å². The summed E-state index contributed by atoms with van der Waals surface area (Å²) < 4.78 is 1.76. The molecule has 7 heteroatoms. The van der Waals surface area contributed by atoms with Crippen LogP contribution in [0, 0.1) is 10.1 Å². The molecule has 0 fully saturated rings. The number of aromatic nitrogens is 2. The minimum Gasteiger partial charge on any atom is -0.312 e. The molecule has 0 amide bonds. The highest BCUT2D eigenvalue weighted by Gasteiger charge is 2.12. The SMILES string of the molecule is Cn1cc(CCNCc2ccc(Cl)c([N+](=O)[O-])c2)cn1. The summed E-state index contributed by atoms with van der Waals surface area (Å²) in [6, 6.07) is 4.84. The van der Waals surface area contributed by atoms with E-state index in [-0.39, 0.29) is 10.7 Å². The van der Waals surface area contributed by atoms with Crippen molar-refractivity contribution in [2.45, 2.75) is 13.0 Å². The van der Waals surface area contributed by atoms with Gasteiger partial charge in [0.1, 0.15) is 5.02 Å². The van der Waals surface area contributed by atoms with E-state index in [1.807, 2.05) is 19.4 Å². The number of nitro groups is 1. The fourth-order valence-corrected chi connectivity index (χ4v) is 2.06. The van der Waals surface area contributed by atoms with E-state index >= 15 is 0 Å². The van der Waals surface area contributed by atoms with Gasteiger partial charge in [-0.3, -0.25) is 14.8 Å². The highest BCUT2D eigenvalue weighted by atomic mass is 35.5. The van der Waals surface area contributed by atoms with Gasteiger partial charge >= 0.3 is 0 Å². The highest BCUT2D eigenvalue weighted by molar-refractivity contribution is 6.32. The van der Waals surface area contributed by atoms with Crippen LogP contribution < -0.4 is 5.32 Å². The van der Waals surface area contributed by atoms with E-state index in [9.17, 15) is 10.1 Å². The topological polar surface area (TPSA) is 73.0 Å². The predicted molar refractivity (Wildman–Crippen MR) is 76.7 cm³/mol. The van der Waals surface area contributed by atoms with Crippen LogP contribution in [-0.4, -0.2) is 21.2 Å². The molecule has 0 bridgehead atoms. The van der Waals surface area contributed by atoms with Crippen molar-refractivity contribution in [1.82, 2.24) is 15.1 Å². The molecule has 1 heterocycles. The van der Waals surface area contributed by atoms with Crippen molar-refractivity contribution in [3.63, 3.8) is 0 Å². The zero-order valence-electron chi connectivity index (χ0n) is 11.0. The van der Waals surface area contributed by atoms with Gasteiger partial charge in [0.2, 0.25) is 0 Å². The number of nitrogens with one attached hydrogen (secondary N) is 1. The van der Waals surface area contributed by atoms with Crippen LogP contribution in [-0.2, 0) is 20.0 Å². The Morgan fingerprint density at radius 3 is 2.90 bits per heavy atom. The molecule has 20 heavy (non-hydrogen) atoms. The lowest BCUT2D eigenvalue weighted by molar-refractivity contribution is -0.384. The van der Waals surface area contributed by atoms with E-state index in [1.54, 1.807) is 16.8 Å². The average molecular weight is 295 g/mol. The molecule has 2 rings (SSSR count). The summed E-state index contributed by atoms with van der Waals surface area (Å²) in [6.07, 6.45) is 4.66. The summed E-state index contributed by atoms with van der Waals surface area (Å²) in [5.41, 5.74) is 1.94. The van der Waals surface area contributed by atoms with Crippen LogP contribution in [0.5, 0.6) is 0 Å². The molecule has 0 saturated carbocycles. The molecule has 1 aromatic carbocycles. The molecule has 1 N–H and O–H groups in total. The molecule has 0 aliphatic rings. The summed E-state index contributed by atoms with van der Waals surface area (Å²) in [7, 11) is 1.88. The first-order valence-electron chi connectivity index (χ1n) is 6.17. The van der Waals surface area contributed by atoms with E-state index in [1.165, 1.54) is 6.07 Å². The molecular weight excluding hydrogens is 280 g/mol. The van der Waals surface area contributed by atoms with Crippen LogP contribution >= 0.6 is 11.6 Å². The fraction of sp³-hybridized carbons (Fsp3) is 0.308. The maximum absolute atomic E-state index is 10.8. The molecule has 6 nitrogen and oxygen atoms in total. The van der Waals surface area contributed by atoms with Gasteiger partial charge in [-0.25, -0.2) is 0 Å². The summed E-state index contributed by atoms with van der Waals surface area (Å²) in [4.78, 5) is 10.3. The normalized spacial score (nSPS) is 10.7. The third-order valence-corrected chi connectivity index (χ3v) is 3.20. The van der Waals surface area contributed by atoms with Crippen molar-refractivity contribution < 1.29 is 4.92 Å². The number of nitro benzene ring substituents is 1. The second-order valence-electron chi connectivity index (χ2n) is 4.49. The quantitative estimate of drug-likeness (QED) is 0.504. The van der Waals surface area contributed by atoms with E-state index in [2.05, 4.69) is 10.4 Å². The van der Waals surface area contributed by atoms with Crippen LogP contribution in [0.1, 0.15) is 11.1 Å². The first-order valence-corrected chi connectivity index (χ1v) is 6.55. The number of rotatable bonds is 6. The van der Waals surface area contributed by atoms with Crippen molar-refractivity contribution in [1.29, 1.82) is 0 Å². The molecule has 0 saturated heterocycles. The van der Waals surface area contributed by atoms with Crippen LogP contribution in [0.3, 0.4) is 0 Å². The van der Waals surface area contributed by atoms with Crippen LogP contribution in [0.4, 0.5) is 5.69 Å². The Hall–Kier alpha value is -1.92. The number of hydrogen-bond acceptors (Lipinski definition) is 4. The maximum Gasteiger partial charge on any atom is 0.288 e. The van der Waals surface area contributed by atoms with Gasteiger partial charge < -0.3 is 5.32 Å². The summed E-state index contributed by atoms with van der Waals surface area (Å²) in [5.74, 6) is 0. The molecule has 1 aromatic heterocycles. The third-order valence-electron chi connectivity index (χ3n) is 2.89. The molecular formula is C13H15ClN4O2. The zero-order chi connectivity index (χ0) is 14.5. The van der Waals surface area contributed by atoms with Gasteiger partial charge in [-0.2, -0.15) is 5.10 Å². The Kier molecular flexibility index (Phi) is 4.70. The average Bonchev–Trinajstić information content (AvgIpc) is 2.82. The molecule has 0 unspecified atom stereocenters. The Labute approximate surface area is 121 Å². The molecule has 106 valence electrons. The largest absolute Gasteiger partial charge is 0.312 e. The fourth-order valence-electron chi connectivity index (χ4n) is 1.87. The lowest BCUT2D eigenvalue weighted by Crippen LogP contribution is -2.16. The lowest BCUT2D eigenvalue weighted by Gasteiger charge is -2.04. The maximum atomic E-state index is 10.8. The van der Waals surface area contributed by atoms with Gasteiger partial charge in [0.15, 0.2) is 0 Å². The van der Waals surface area contributed by atoms with E-state index in [0.29, 0.717) is 6.54 Å². The number of halogens is 1. The first kappa shape index (κ1) is 14.5. The standard InChI is InChI=1S/C13H15ClN4O2/c1-17-9-11(8-16-17)4-5-15-7-10-2-3-12(14)13(6-10)18(19)20/h2-3,6,8-9,15H,4-5,7H2,1H3. The monoisotopic (exact) mass is 294 g/mol. The predicted octanol–water partition coefficient (Wildman–Crippen LogP) is 2.31. The van der Waals surface area contributed by atoms with Crippen molar-refractivity contribution >= 4 is 17.3 Å². The van der Waals surface area contributed by atoms with Gasteiger partial charge in [-0.15, -0.1) is 0 Å². The number of benzene rings is 1. The molecule has 0 atom stereocenters. The summed E-state index contributed by atoms with van der Waals surface area (Å²) >= 11 is 5.76.